The minimum absolute atomic E-state index is 0.287. The Hall–Kier alpha value is -1.13. The van der Waals surface area contributed by atoms with E-state index in [1.165, 1.54) is 0 Å². The Morgan fingerprint density at radius 2 is 2.47 bits per heavy atom. The summed E-state index contributed by atoms with van der Waals surface area (Å²) in [6.07, 6.45) is 2.13. The second kappa shape index (κ2) is 4.59. The number of nitrogens with zero attached hydrogens (tertiary/aromatic N) is 2. The molecule has 1 atom stereocenters. The lowest BCUT2D eigenvalue weighted by atomic mass is 10.2. The molecule has 15 heavy (non-hydrogen) atoms. The fourth-order valence-corrected chi connectivity index (χ4v) is 1.75. The quantitative estimate of drug-likeness (QED) is 0.778. The molecule has 1 saturated heterocycles. The summed E-state index contributed by atoms with van der Waals surface area (Å²) >= 11 is 0. The fourth-order valence-electron chi connectivity index (χ4n) is 1.75. The van der Waals surface area contributed by atoms with Crippen LogP contribution in [0.3, 0.4) is 0 Å². The molecule has 0 bridgehead atoms. The highest BCUT2D eigenvalue weighted by atomic mass is 16.5. The van der Waals surface area contributed by atoms with Crippen LogP contribution in [-0.2, 0) is 11.3 Å². The van der Waals surface area contributed by atoms with Crippen LogP contribution in [-0.4, -0.2) is 30.8 Å². The van der Waals surface area contributed by atoms with Gasteiger partial charge in [0.2, 0.25) is 0 Å². The number of anilines is 1. The molecule has 1 aromatic rings. The highest BCUT2D eigenvalue weighted by Crippen LogP contribution is 2.15. The lowest BCUT2D eigenvalue weighted by Crippen LogP contribution is -2.41. The molecule has 1 aliphatic heterocycles. The van der Waals surface area contributed by atoms with E-state index in [4.69, 9.17) is 10.5 Å². The van der Waals surface area contributed by atoms with Crippen molar-refractivity contribution in [1.29, 1.82) is 0 Å². The molecule has 0 aromatic carbocycles. The molecule has 0 amide bonds. The minimum atomic E-state index is 0.287. The average molecular weight is 207 g/mol. The predicted octanol–water partition coefficient (Wildman–Crippen LogP) is 0.765. The summed E-state index contributed by atoms with van der Waals surface area (Å²) in [5, 5.41) is 0. The highest BCUT2D eigenvalue weighted by molar-refractivity contribution is 5.39. The van der Waals surface area contributed by atoms with Crippen LogP contribution in [0.25, 0.3) is 0 Å². The summed E-state index contributed by atoms with van der Waals surface area (Å²) in [5.74, 6) is 1.02. The van der Waals surface area contributed by atoms with Gasteiger partial charge in [0, 0.05) is 25.8 Å². The number of morpholine rings is 1. The minimum Gasteiger partial charge on any atom is -0.375 e. The van der Waals surface area contributed by atoms with Crippen LogP contribution in [0.5, 0.6) is 0 Å². The van der Waals surface area contributed by atoms with Gasteiger partial charge >= 0.3 is 0 Å². The maximum Gasteiger partial charge on any atom is 0.128 e. The lowest BCUT2D eigenvalue weighted by molar-refractivity contribution is 0.0529. The molecule has 1 aromatic heterocycles. The lowest BCUT2D eigenvalue weighted by Gasteiger charge is -2.32. The van der Waals surface area contributed by atoms with Gasteiger partial charge in [0.05, 0.1) is 12.7 Å². The first-order valence-corrected chi connectivity index (χ1v) is 5.31. The Morgan fingerprint density at radius 1 is 1.60 bits per heavy atom. The van der Waals surface area contributed by atoms with E-state index >= 15 is 0 Å². The van der Waals surface area contributed by atoms with Gasteiger partial charge in [-0.25, -0.2) is 4.98 Å². The Labute approximate surface area is 90.0 Å². The van der Waals surface area contributed by atoms with Crippen LogP contribution in [0.2, 0.25) is 0 Å². The summed E-state index contributed by atoms with van der Waals surface area (Å²) in [7, 11) is 0. The first-order chi connectivity index (χ1) is 7.29. The first kappa shape index (κ1) is 10.4. The largest absolute Gasteiger partial charge is 0.375 e. The van der Waals surface area contributed by atoms with Crippen LogP contribution >= 0.6 is 0 Å². The van der Waals surface area contributed by atoms with Crippen molar-refractivity contribution in [3.63, 3.8) is 0 Å². The van der Waals surface area contributed by atoms with E-state index in [0.29, 0.717) is 6.54 Å². The molecule has 4 nitrogen and oxygen atoms in total. The first-order valence-electron chi connectivity index (χ1n) is 5.31. The number of aromatic nitrogens is 1. The molecule has 0 aliphatic carbocycles. The number of rotatable bonds is 2. The zero-order chi connectivity index (χ0) is 10.7. The monoisotopic (exact) mass is 207 g/mol. The van der Waals surface area contributed by atoms with E-state index in [-0.39, 0.29) is 6.10 Å². The van der Waals surface area contributed by atoms with Crippen molar-refractivity contribution >= 4 is 5.82 Å². The number of pyridine rings is 1. The highest BCUT2D eigenvalue weighted by Gasteiger charge is 2.17. The molecule has 2 rings (SSSR count). The Balaban J connectivity index is 2.07. The van der Waals surface area contributed by atoms with Crippen molar-refractivity contribution in [3.8, 4) is 0 Å². The van der Waals surface area contributed by atoms with Gasteiger partial charge in [0.1, 0.15) is 5.82 Å². The van der Waals surface area contributed by atoms with E-state index in [0.717, 1.165) is 31.1 Å². The van der Waals surface area contributed by atoms with Gasteiger partial charge in [-0.1, -0.05) is 6.07 Å². The van der Waals surface area contributed by atoms with Gasteiger partial charge in [0.15, 0.2) is 0 Å². The second-order valence-electron chi connectivity index (χ2n) is 3.86. The number of ether oxygens (including phenoxy) is 1. The third kappa shape index (κ3) is 2.46. The van der Waals surface area contributed by atoms with Gasteiger partial charge in [-0.05, 0) is 18.6 Å². The third-order valence-electron chi connectivity index (χ3n) is 2.61. The van der Waals surface area contributed by atoms with Gasteiger partial charge in [-0.2, -0.15) is 0 Å². The van der Waals surface area contributed by atoms with Crippen molar-refractivity contribution in [1.82, 2.24) is 4.98 Å². The van der Waals surface area contributed by atoms with Crippen LogP contribution in [0, 0.1) is 0 Å². The van der Waals surface area contributed by atoms with Crippen LogP contribution in [0.4, 0.5) is 5.82 Å². The van der Waals surface area contributed by atoms with Crippen molar-refractivity contribution < 1.29 is 4.74 Å². The van der Waals surface area contributed by atoms with Crippen LogP contribution in [0.1, 0.15) is 12.5 Å². The molecule has 0 saturated carbocycles. The van der Waals surface area contributed by atoms with Gasteiger partial charge < -0.3 is 15.4 Å². The maximum absolute atomic E-state index is 5.53. The van der Waals surface area contributed by atoms with Gasteiger partial charge in [0.25, 0.3) is 0 Å². The molecule has 4 heteroatoms. The van der Waals surface area contributed by atoms with E-state index in [1.54, 1.807) is 0 Å². The molecular formula is C11H17N3O. The maximum atomic E-state index is 5.53. The van der Waals surface area contributed by atoms with E-state index in [9.17, 15) is 0 Å². The normalized spacial score (nSPS) is 21.7. The smallest absolute Gasteiger partial charge is 0.128 e. The molecule has 1 aliphatic rings. The summed E-state index contributed by atoms with van der Waals surface area (Å²) < 4.78 is 5.48. The van der Waals surface area contributed by atoms with Crippen molar-refractivity contribution in [2.75, 3.05) is 24.6 Å². The van der Waals surface area contributed by atoms with Crippen molar-refractivity contribution in [3.05, 3.63) is 23.9 Å². The average Bonchev–Trinajstić information content (AvgIpc) is 2.29. The van der Waals surface area contributed by atoms with Crippen LogP contribution < -0.4 is 10.6 Å². The molecule has 0 spiro atoms. The fraction of sp³-hybridized carbons (Fsp3) is 0.545. The van der Waals surface area contributed by atoms with Crippen molar-refractivity contribution in [2.45, 2.75) is 19.6 Å². The summed E-state index contributed by atoms with van der Waals surface area (Å²) in [6.45, 7) is 5.24. The zero-order valence-corrected chi connectivity index (χ0v) is 9.02. The van der Waals surface area contributed by atoms with E-state index < -0.39 is 0 Å². The molecule has 2 heterocycles. The SMILES string of the molecule is C[C@H]1CN(c2ccc(CN)cn2)CCO1. The molecule has 82 valence electrons. The molecule has 0 radical (unpaired) electrons. The Kier molecular flexibility index (Phi) is 3.18. The number of nitrogens with two attached hydrogens (primary N) is 1. The predicted molar refractivity (Wildman–Crippen MR) is 59.8 cm³/mol. The second-order valence-corrected chi connectivity index (χ2v) is 3.86. The molecule has 1 fully saturated rings. The topological polar surface area (TPSA) is 51.4 Å². The standard InChI is InChI=1S/C11H17N3O/c1-9-8-14(4-5-15-9)11-3-2-10(6-12)7-13-11/h2-3,7,9H,4-6,8,12H2,1H3/t9-/m0/s1. The molecule has 2 N–H and O–H groups in total. The van der Waals surface area contributed by atoms with E-state index in [2.05, 4.69) is 16.8 Å². The Morgan fingerprint density at radius 3 is 3.07 bits per heavy atom. The van der Waals surface area contributed by atoms with Crippen LogP contribution in [0.15, 0.2) is 18.3 Å². The zero-order valence-electron chi connectivity index (χ0n) is 9.02. The van der Waals surface area contributed by atoms with Gasteiger partial charge in [-0.15, -0.1) is 0 Å². The van der Waals surface area contributed by atoms with E-state index in [1.807, 2.05) is 18.3 Å². The third-order valence-corrected chi connectivity index (χ3v) is 2.61. The summed E-state index contributed by atoms with van der Waals surface area (Å²) in [4.78, 5) is 6.64. The molecule has 0 unspecified atom stereocenters. The van der Waals surface area contributed by atoms with Crippen molar-refractivity contribution in [2.24, 2.45) is 5.73 Å². The number of hydrogen-bond acceptors (Lipinski definition) is 4. The summed E-state index contributed by atoms with van der Waals surface area (Å²) in [5.41, 5.74) is 6.60. The number of hydrogen-bond donors (Lipinski definition) is 1. The summed E-state index contributed by atoms with van der Waals surface area (Å²) in [6, 6.07) is 4.06. The Bertz CT molecular complexity index is 312. The van der Waals surface area contributed by atoms with Gasteiger partial charge in [-0.3, -0.25) is 0 Å². The molecular weight excluding hydrogens is 190 g/mol.